The summed E-state index contributed by atoms with van der Waals surface area (Å²) in [5.74, 6) is -1.27. The standard InChI is InChI=1S/C11H8F3N3O2/c1-17-8(10(18)19)5-7(16-17)9-6(11(12,13)14)3-2-4-15-9/h2-5H,1H3,(H,18,19). The predicted octanol–water partition coefficient (Wildman–Crippen LogP) is 2.20. The molecule has 8 heteroatoms. The third-order valence-corrected chi connectivity index (χ3v) is 2.45. The van der Waals surface area contributed by atoms with Crippen molar-refractivity contribution in [2.24, 2.45) is 7.05 Å². The van der Waals surface area contributed by atoms with Crippen LogP contribution in [0.4, 0.5) is 13.2 Å². The average molecular weight is 271 g/mol. The van der Waals surface area contributed by atoms with E-state index in [-0.39, 0.29) is 11.4 Å². The average Bonchev–Trinajstić information content (AvgIpc) is 2.70. The van der Waals surface area contributed by atoms with Crippen LogP contribution >= 0.6 is 0 Å². The summed E-state index contributed by atoms with van der Waals surface area (Å²) in [5.41, 5.74) is -1.69. The van der Waals surface area contributed by atoms with Crippen LogP contribution in [0.25, 0.3) is 11.4 Å². The number of aromatic carboxylic acids is 1. The molecule has 0 fully saturated rings. The maximum Gasteiger partial charge on any atom is 0.418 e. The Kier molecular flexibility index (Phi) is 3.01. The summed E-state index contributed by atoms with van der Waals surface area (Å²) in [6, 6.07) is 3.09. The topological polar surface area (TPSA) is 68.0 Å². The van der Waals surface area contributed by atoms with Gasteiger partial charge < -0.3 is 5.11 Å². The van der Waals surface area contributed by atoms with E-state index in [1.54, 1.807) is 0 Å². The highest BCUT2D eigenvalue weighted by molar-refractivity contribution is 5.87. The van der Waals surface area contributed by atoms with Crippen molar-refractivity contribution in [1.82, 2.24) is 14.8 Å². The molecule has 0 aliphatic heterocycles. The van der Waals surface area contributed by atoms with Crippen LogP contribution in [0.15, 0.2) is 24.4 Å². The zero-order chi connectivity index (χ0) is 14.2. The summed E-state index contributed by atoms with van der Waals surface area (Å²) in [4.78, 5) is 14.5. The van der Waals surface area contributed by atoms with Gasteiger partial charge in [0.25, 0.3) is 0 Å². The minimum Gasteiger partial charge on any atom is -0.477 e. The van der Waals surface area contributed by atoms with E-state index in [0.29, 0.717) is 0 Å². The second-order valence-electron chi connectivity index (χ2n) is 3.74. The van der Waals surface area contributed by atoms with Gasteiger partial charge in [0, 0.05) is 19.3 Å². The Labute approximate surface area is 105 Å². The quantitative estimate of drug-likeness (QED) is 0.909. The van der Waals surface area contributed by atoms with Gasteiger partial charge in [-0.3, -0.25) is 9.67 Å². The molecule has 0 unspecified atom stereocenters. The normalized spacial score (nSPS) is 11.6. The largest absolute Gasteiger partial charge is 0.477 e. The molecule has 2 aromatic heterocycles. The van der Waals surface area contributed by atoms with Gasteiger partial charge in [0.05, 0.1) is 5.56 Å². The molecule has 0 atom stereocenters. The number of nitrogens with zero attached hydrogens (tertiary/aromatic N) is 3. The molecule has 100 valence electrons. The first-order valence-electron chi connectivity index (χ1n) is 5.10. The van der Waals surface area contributed by atoms with E-state index in [2.05, 4.69) is 10.1 Å². The van der Waals surface area contributed by atoms with Crippen molar-refractivity contribution in [3.05, 3.63) is 35.7 Å². The van der Waals surface area contributed by atoms with Crippen molar-refractivity contribution in [2.45, 2.75) is 6.18 Å². The van der Waals surface area contributed by atoms with E-state index < -0.39 is 23.4 Å². The molecule has 2 rings (SSSR count). The van der Waals surface area contributed by atoms with Crippen LogP contribution in [-0.2, 0) is 13.2 Å². The Bertz CT molecular complexity index is 634. The van der Waals surface area contributed by atoms with Gasteiger partial charge in [-0.05, 0) is 12.1 Å². The minimum absolute atomic E-state index is 0.132. The van der Waals surface area contributed by atoms with Gasteiger partial charge in [-0.2, -0.15) is 18.3 Å². The van der Waals surface area contributed by atoms with Gasteiger partial charge in [-0.1, -0.05) is 0 Å². The molecule has 0 bridgehead atoms. The third-order valence-electron chi connectivity index (χ3n) is 2.45. The van der Waals surface area contributed by atoms with Gasteiger partial charge >= 0.3 is 12.1 Å². The van der Waals surface area contributed by atoms with Crippen molar-refractivity contribution < 1.29 is 23.1 Å². The fraction of sp³-hybridized carbons (Fsp3) is 0.182. The highest BCUT2D eigenvalue weighted by Crippen LogP contribution is 2.35. The molecule has 0 radical (unpaired) electrons. The number of aromatic nitrogens is 3. The van der Waals surface area contributed by atoms with E-state index in [1.165, 1.54) is 13.2 Å². The van der Waals surface area contributed by atoms with Gasteiger partial charge in [0.1, 0.15) is 17.1 Å². The lowest BCUT2D eigenvalue weighted by molar-refractivity contribution is -0.137. The number of carboxylic acid groups (broad SMARTS) is 1. The fourth-order valence-corrected chi connectivity index (χ4v) is 1.62. The summed E-state index contributed by atoms with van der Waals surface area (Å²) in [6.45, 7) is 0. The second-order valence-corrected chi connectivity index (χ2v) is 3.74. The fourth-order valence-electron chi connectivity index (χ4n) is 1.62. The molecule has 1 N–H and O–H groups in total. The number of pyridine rings is 1. The summed E-state index contributed by atoms with van der Waals surface area (Å²) >= 11 is 0. The van der Waals surface area contributed by atoms with E-state index in [4.69, 9.17) is 5.11 Å². The van der Waals surface area contributed by atoms with Crippen LogP contribution in [0.2, 0.25) is 0 Å². The van der Waals surface area contributed by atoms with Gasteiger partial charge in [-0.25, -0.2) is 4.79 Å². The highest BCUT2D eigenvalue weighted by atomic mass is 19.4. The summed E-state index contributed by atoms with van der Waals surface area (Å²) in [5, 5.41) is 12.6. The van der Waals surface area contributed by atoms with E-state index in [0.717, 1.165) is 22.9 Å². The van der Waals surface area contributed by atoms with Crippen LogP contribution in [0.5, 0.6) is 0 Å². The molecular formula is C11H8F3N3O2. The Morgan fingerprint density at radius 3 is 2.63 bits per heavy atom. The lowest BCUT2D eigenvalue weighted by Gasteiger charge is -2.09. The number of carboxylic acids is 1. The maximum absolute atomic E-state index is 12.8. The minimum atomic E-state index is -4.58. The third kappa shape index (κ3) is 2.42. The van der Waals surface area contributed by atoms with Crippen LogP contribution in [0.3, 0.4) is 0 Å². The zero-order valence-corrected chi connectivity index (χ0v) is 9.64. The van der Waals surface area contributed by atoms with Gasteiger partial charge in [-0.15, -0.1) is 0 Å². The Balaban J connectivity index is 2.60. The molecule has 2 heterocycles. The number of alkyl halides is 3. The van der Waals surface area contributed by atoms with E-state index >= 15 is 0 Å². The Morgan fingerprint density at radius 2 is 2.11 bits per heavy atom. The van der Waals surface area contributed by atoms with Crippen molar-refractivity contribution in [3.63, 3.8) is 0 Å². The first-order chi connectivity index (χ1) is 8.80. The highest BCUT2D eigenvalue weighted by Gasteiger charge is 2.35. The van der Waals surface area contributed by atoms with Crippen molar-refractivity contribution >= 4 is 5.97 Å². The molecule has 0 saturated heterocycles. The van der Waals surface area contributed by atoms with Gasteiger partial charge in [0.2, 0.25) is 0 Å². The van der Waals surface area contributed by atoms with Crippen molar-refractivity contribution in [3.8, 4) is 11.4 Å². The first kappa shape index (κ1) is 13.1. The van der Waals surface area contributed by atoms with Crippen LogP contribution in [0.1, 0.15) is 16.1 Å². The molecular weight excluding hydrogens is 263 g/mol. The monoisotopic (exact) mass is 271 g/mol. The summed E-state index contributed by atoms with van der Waals surface area (Å²) in [6.07, 6.45) is -3.38. The van der Waals surface area contributed by atoms with Crippen molar-refractivity contribution in [2.75, 3.05) is 0 Å². The smallest absolute Gasteiger partial charge is 0.418 e. The van der Waals surface area contributed by atoms with Crippen LogP contribution < -0.4 is 0 Å². The molecule has 2 aromatic rings. The predicted molar refractivity (Wildman–Crippen MR) is 58.4 cm³/mol. The number of rotatable bonds is 2. The van der Waals surface area contributed by atoms with Crippen LogP contribution in [-0.4, -0.2) is 25.8 Å². The first-order valence-corrected chi connectivity index (χ1v) is 5.10. The molecule has 0 spiro atoms. The Hall–Kier alpha value is -2.38. The number of carbonyl (C=O) groups is 1. The molecule has 0 aliphatic rings. The van der Waals surface area contributed by atoms with Crippen LogP contribution in [0, 0.1) is 0 Å². The SMILES string of the molecule is Cn1nc(-c2ncccc2C(F)(F)F)cc1C(=O)O. The lowest BCUT2D eigenvalue weighted by atomic mass is 10.1. The summed E-state index contributed by atoms with van der Waals surface area (Å²) < 4.78 is 39.4. The molecule has 0 saturated carbocycles. The summed E-state index contributed by atoms with van der Waals surface area (Å²) in [7, 11) is 1.34. The molecule has 0 aromatic carbocycles. The number of hydrogen-bond acceptors (Lipinski definition) is 3. The molecule has 5 nitrogen and oxygen atoms in total. The number of hydrogen-bond donors (Lipinski definition) is 1. The second kappa shape index (κ2) is 4.38. The van der Waals surface area contributed by atoms with Gasteiger partial charge in [0.15, 0.2) is 0 Å². The lowest BCUT2D eigenvalue weighted by Crippen LogP contribution is -2.08. The molecule has 0 aliphatic carbocycles. The maximum atomic E-state index is 12.8. The van der Waals surface area contributed by atoms with E-state index in [9.17, 15) is 18.0 Å². The van der Waals surface area contributed by atoms with Crippen molar-refractivity contribution in [1.29, 1.82) is 0 Å². The number of halogens is 3. The molecule has 19 heavy (non-hydrogen) atoms. The Morgan fingerprint density at radius 1 is 1.42 bits per heavy atom. The van der Waals surface area contributed by atoms with E-state index in [1.807, 2.05) is 0 Å². The number of aryl methyl sites for hydroxylation is 1. The molecule has 0 amide bonds. The zero-order valence-electron chi connectivity index (χ0n) is 9.64.